The minimum atomic E-state index is -0.0555. The van der Waals surface area contributed by atoms with Gasteiger partial charge in [0.2, 0.25) is 11.7 Å². The van der Waals surface area contributed by atoms with E-state index in [0.29, 0.717) is 42.7 Å². The van der Waals surface area contributed by atoms with Gasteiger partial charge >= 0.3 is 0 Å². The van der Waals surface area contributed by atoms with E-state index in [0.717, 1.165) is 0 Å². The molecule has 1 fully saturated rings. The smallest absolute Gasteiger partial charge is 0.257 e. The molecule has 1 aromatic carbocycles. The Morgan fingerprint density at radius 1 is 1.43 bits per heavy atom. The highest BCUT2D eigenvalue weighted by Gasteiger charge is 2.24. The fourth-order valence-corrected chi connectivity index (χ4v) is 2.48. The molecular formula is C16H19N3O4. The van der Waals surface area contributed by atoms with Crippen LogP contribution >= 0.6 is 0 Å². The predicted octanol–water partition coefficient (Wildman–Crippen LogP) is 1.82. The van der Waals surface area contributed by atoms with Gasteiger partial charge in [0, 0.05) is 20.0 Å². The summed E-state index contributed by atoms with van der Waals surface area (Å²) in [6, 6.07) is 7.18. The summed E-state index contributed by atoms with van der Waals surface area (Å²) in [5.74, 6) is 1.39. The van der Waals surface area contributed by atoms with Crippen LogP contribution in [0.25, 0.3) is 0 Å². The van der Waals surface area contributed by atoms with Crippen molar-refractivity contribution in [3.8, 4) is 5.75 Å². The summed E-state index contributed by atoms with van der Waals surface area (Å²) in [5.41, 5.74) is 0.529. The third-order valence-corrected chi connectivity index (χ3v) is 3.57. The number of hydrogen-bond acceptors (Lipinski definition) is 6. The summed E-state index contributed by atoms with van der Waals surface area (Å²) >= 11 is 0. The van der Waals surface area contributed by atoms with Gasteiger partial charge in [-0.15, -0.1) is 0 Å². The van der Waals surface area contributed by atoms with Gasteiger partial charge in [-0.1, -0.05) is 17.3 Å². The lowest BCUT2D eigenvalue weighted by Crippen LogP contribution is -2.44. The molecule has 0 aliphatic carbocycles. The number of carbonyl (C=O) groups excluding carboxylic acids is 1. The number of para-hydroxylation sites is 1. The molecular weight excluding hydrogens is 298 g/mol. The lowest BCUT2D eigenvalue weighted by Gasteiger charge is -2.31. The van der Waals surface area contributed by atoms with Gasteiger partial charge in [-0.2, -0.15) is 4.98 Å². The number of amides is 1. The van der Waals surface area contributed by atoms with E-state index in [1.165, 1.54) is 0 Å². The largest absolute Gasteiger partial charge is 0.485 e. The van der Waals surface area contributed by atoms with Crippen LogP contribution in [0.15, 0.2) is 28.8 Å². The normalized spacial score (nSPS) is 18.0. The SMILES string of the molecule is Cc1nc(COc2ccccc2C(=O)N2CCOC(C)C2)no1. The molecule has 23 heavy (non-hydrogen) atoms. The van der Waals surface area contributed by atoms with Crippen molar-refractivity contribution >= 4 is 5.91 Å². The maximum absolute atomic E-state index is 12.7. The first-order valence-corrected chi connectivity index (χ1v) is 7.55. The molecule has 7 nitrogen and oxygen atoms in total. The van der Waals surface area contributed by atoms with E-state index in [1.54, 1.807) is 24.0 Å². The number of aromatic nitrogens is 2. The number of rotatable bonds is 4. The van der Waals surface area contributed by atoms with E-state index in [9.17, 15) is 4.79 Å². The average molecular weight is 317 g/mol. The Kier molecular flexibility index (Phi) is 4.57. The molecule has 1 atom stereocenters. The minimum Gasteiger partial charge on any atom is -0.485 e. The van der Waals surface area contributed by atoms with Crippen molar-refractivity contribution in [1.29, 1.82) is 0 Å². The highest BCUT2D eigenvalue weighted by Crippen LogP contribution is 2.22. The number of hydrogen-bond donors (Lipinski definition) is 0. The van der Waals surface area contributed by atoms with Crippen molar-refractivity contribution in [3.63, 3.8) is 0 Å². The Balaban J connectivity index is 1.73. The molecule has 122 valence electrons. The van der Waals surface area contributed by atoms with E-state index < -0.39 is 0 Å². The fourth-order valence-electron chi connectivity index (χ4n) is 2.48. The summed E-state index contributed by atoms with van der Waals surface area (Å²) in [4.78, 5) is 18.6. The van der Waals surface area contributed by atoms with Crippen LogP contribution in [0, 0.1) is 6.92 Å². The Morgan fingerprint density at radius 2 is 2.26 bits per heavy atom. The monoisotopic (exact) mass is 317 g/mol. The van der Waals surface area contributed by atoms with Crippen molar-refractivity contribution in [2.24, 2.45) is 0 Å². The second-order valence-corrected chi connectivity index (χ2v) is 5.45. The van der Waals surface area contributed by atoms with E-state index >= 15 is 0 Å². The van der Waals surface area contributed by atoms with Crippen LogP contribution < -0.4 is 4.74 Å². The Labute approximate surface area is 134 Å². The van der Waals surface area contributed by atoms with Gasteiger partial charge in [-0.3, -0.25) is 4.79 Å². The van der Waals surface area contributed by atoms with Gasteiger partial charge < -0.3 is 18.9 Å². The first-order chi connectivity index (χ1) is 11.1. The number of carbonyl (C=O) groups is 1. The van der Waals surface area contributed by atoms with E-state index in [1.807, 2.05) is 19.1 Å². The molecule has 3 rings (SSSR count). The van der Waals surface area contributed by atoms with Crippen molar-refractivity contribution in [2.75, 3.05) is 19.7 Å². The molecule has 0 saturated carbocycles. The maximum atomic E-state index is 12.7. The molecule has 7 heteroatoms. The van der Waals surface area contributed by atoms with Crippen molar-refractivity contribution in [3.05, 3.63) is 41.5 Å². The molecule has 2 aromatic rings. The number of benzene rings is 1. The zero-order chi connectivity index (χ0) is 16.2. The number of ether oxygens (including phenoxy) is 2. The average Bonchev–Trinajstić information content (AvgIpc) is 2.98. The Morgan fingerprint density at radius 3 is 3.00 bits per heavy atom. The van der Waals surface area contributed by atoms with Crippen LogP contribution in [0.3, 0.4) is 0 Å². The van der Waals surface area contributed by atoms with Crippen LogP contribution in [0.1, 0.15) is 29.0 Å². The van der Waals surface area contributed by atoms with E-state index in [2.05, 4.69) is 10.1 Å². The number of morpholine rings is 1. The van der Waals surface area contributed by atoms with Gasteiger partial charge in [0.15, 0.2) is 6.61 Å². The Bertz CT molecular complexity index is 685. The third-order valence-electron chi connectivity index (χ3n) is 3.57. The molecule has 0 bridgehead atoms. The zero-order valence-electron chi connectivity index (χ0n) is 13.2. The van der Waals surface area contributed by atoms with Crippen LogP contribution in [0.4, 0.5) is 0 Å². The van der Waals surface area contributed by atoms with E-state index in [4.69, 9.17) is 14.0 Å². The quantitative estimate of drug-likeness (QED) is 0.856. The summed E-state index contributed by atoms with van der Waals surface area (Å²) in [5, 5.41) is 3.78. The van der Waals surface area contributed by atoms with Gasteiger partial charge in [0.25, 0.3) is 5.91 Å². The second kappa shape index (κ2) is 6.78. The second-order valence-electron chi connectivity index (χ2n) is 5.45. The topological polar surface area (TPSA) is 77.7 Å². The molecule has 0 radical (unpaired) electrons. The fraction of sp³-hybridized carbons (Fsp3) is 0.438. The summed E-state index contributed by atoms with van der Waals surface area (Å²) in [7, 11) is 0. The molecule has 1 amide bonds. The molecule has 2 heterocycles. The molecule has 1 aliphatic heterocycles. The Hall–Kier alpha value is -2.41. The van der Waals surface area contributed by atoms with Crippen molar-refractivity contribution < 1.29 is 18.8 Å². The molecule has 1 unspecified atom stereocenters. The number of nitrogens with zero attached hydrogens (tertiary/aromatic N) is 3. The van der Waals surface area contributed by atoms with Crippen LogP contribution in [-0.2, 0) is 11.3 Å². The third kappa shape index (κ3) is 3.68. The highest BCUT2D eigenvalue weighted by atomic mass is 16.5. The molecule has 0 N–H and O–H groups in total. The van der Waals surface area contributed by atoms with Gasteiger partial charge in [0.1, 0.15) is 5.75 Å². The molecule has 1 saturated heterocycles. The summed E-state index contributed by atoms with van der Waals surface area (Å²) in [6.45, 7) is 5.55. The van der Waals surface area contributed by atoms with Gasteiger partial charge in [-0.25, -0.2) is 0 Å². The van der Waals surface area contributed by atoms with Crippen LogP contribution in [-0.4, -0.2) is 46.7 Å². The summed E-state index contributed by atoms with van der Waals surface area (Å²) in [6.07, 6.45) is 0.0445. The lowest BCUT2D eigenvalue weighted by atomic mass is 10.1. The van der Waals surface area contributed by atoms with Crippen LogP contribution in [0.5, 0.6) is 5.75 Å². The van der Waals surface area contributed by atoms with Gasteiger partial charge in [0.05, 0.1) is 18.3 Å². The first kappa shape index (κ1) is 15.5. The van der Waals surface area contributed by atoms with Crippen LogP contribution in [0.2, 0.25) is 0 Å². The molecule has 1 aromatic heterocycles. The van der Waals surface area contributed by atoms with Crippen molar-refractivity contribution in [1.82, 2.24) is 15.0 Å². The maximum Gasteiger partial charge on any atom is 0.257 e. The van der Waals surface area contributed by atoms with Gasteiger partial charge in [-0.05, 0) is 19.1 Å². The zero-order valence-corrected chi connectivity index (χ0v) is 13.2. The lowest BCUT2D eigenvalue weighted by molar-refractivity contribution is -0.0125. The number of aryl methyl sites for hydroxylation is 1. The molecule has 1 aliphatic rings. The van der Waals surface area contributed by atoms with E-state index in [-0.39, 0.29) is 18.6 Å². The standard InChI is InChI=1S/C16H19N3O4/c1-11-9-19(7-8-21-11)16(20)13-5-3-4-6-14(13)22-10-15-17-12(2)23-18-15/h3-6,11H,7-10H2,1-2H3. The minimum absolute atomic E-state index is 0.0445. The van der Waals surface area contributed by atoms with Crippen molar-refractivity contribution in [2.45, 2.75) is 26.6 Å². The summed E-state index contributed by atoms with van der Waals surface area (Å²) < 4.78 is 16.1. The predicted molar refractivity (Wildman–Crippen MR) is 81.1 cm³/mol. The first-order valence-electron chi connectivity index (χ1n) is 7.55. The highest BCUT2D eigenvalue weighted by molar-refractivity contribution is 5.97. The molecule has 0 spiro atoms.